The molecule has 1 aliphatic heterocycles. The Hall–Kier alpha value is -0.220. The minimum atomic E-state index is 0.304. The molecule has 1 heterocycles. The highest BCUT2D eigenvalue weighted by molar-refractivity contribution is 8.00. The van der Waals surface area contributed by atoms with Gasteiger partial charge in [0.25, 0.3) is 0 Å². The van der Waals surface area contributed by atoms with Crippen LogP contribution in [-0.4, -0.2) is 40.4 Å². The molecule has 1 aliphatic rings. The second kappa shape index (κ2) is 5.21. The Bertz CT molecular complexity index is 228. The van der Waals surface area contributed by atoms with E-state index in [1.807, 2.05) is 0 Å². The topological polar surface area (TPSA) is 53.1 Å². The van der Waals surface area contributed by atoms with Crippen LogP contribution in [-0.2, 0) is 0 Å². The van der Waals surface area contributed by atoms with E-state index in [2.05, 4.69) is 37.4 Å². The maximum Gasteiger partial charge on any atom is 0.0920 e. The highest BCUT2D eigenvalue weighted by Crippen LogP contribution is 2.31. The van der Waals surface area contributed by atoms with Crippen molar-refractivity contribution in [1.82, 2.24) is 4.90 Å². The first-order chi connectivity index (χ1) is 6.91. The van der Waals surface area contributed by atoms with E-state index >= 15 is 0 Å². The van der Waals surface area contributed by atoms with Crippen molar-refractivity contribution in [3.8, 4) is 0 Å². The highest BCUT2D eigenvalue weighted by atomic mass is 32.2. The number of hydrogen-bond acceptors (Lipinski definition) is 3. The van der Waals surface area contributed by atoms with E-state index in [-0.39, 0.29) is 0 Å². The number of nitrogens with zero attached hydrogens (tertiary/aromatic N) is 1. The second-order valence-corrected chi connectivity index (χ2v) is 6.77. The quantitative estimate of drug-likeness (QED) is 0.574. The van der Waals surface area contributed by atoms with Gasteiger partial charge < -0.3 is 5.73 Å². The predicted molar refractivity (Wildman–Crippen MR) is 68.7 cm³/mol. The molecule has 0 saturated carbocycles. The van der Waals surface area contributed by atoms with Crippen LogP contribution in [0.1, 0.15) is 33.6 Å². The molecule has 0 aromatic heterocycles. The van der Waals surface area contributed by atoms with Crippen molar-refractivity contribution in [2.75, 3.05) is 18.8 Å². The number of hydrogen-bond donors (Lipinski definition) is 2. The standard InChI is InChI=1S/C11H23N3S/c1-9(8-10(12)13)14-5-4-11(2,3)15-7-6-14/h9H,4-8H2,1-3H3,(H3,12,13). The Morgan fingerprint density at radius 1 is 1.53 bits per heavy atom. The predicted octanol–water partition coefficient (Wildman–Crippen LogP) is 1.92. The molecule has 0 spiro atoms. The van der Waals surface area contributed by atoms with Crippen molar-refractivity contribution < 1.29 is 0 Å². The molecule has 3 nitrogen and oxygen atoms in total. The molecule has 0 aromatic carbocycles. The van der Waals surface area contributed by atoms with Gasteiger partial charge in [-0.05, 0) is 19.9 Å². The van der Waals surface area contributed by atoms with Gasteiger partial charge in [-0.1, -0.05) is 13.8 Å². The van der Waals surface area contributed by atoms with Gasteiger partial charge in [0.05, 0.1) is 5.84 Å². The van der Waals surface area contributed by atoms with Crippen LogP contribution in [0.3, 0.4) is 0 Å². The Kier molecular flexibility index (Phi) is 4.46. The van der Waals surface area contributed by atoms with Gasteiger partial charge in [0, 0.05) is 29.5 Å². The van der Waals surface area contributed by atoms with Gasteiger partial charge in [-0.15, -0.1) is 0 Å². The number of nitrogens with two attached hydrogens (primary N) is 1. The van der Waals surface area contributed by atoms with E-state index in [0.29, 0.717) is 23.0 Å². The molecule has 1 saturated heterocycles. The lowest BCUT2D eigenvalue weighted by Gasteiger charge is -2.27. The summed E-state index contributed by atoms with van der Waals surface area (Å²) in [6.45, 7) is 9.06. The molecule has 4 heteroatoms. The average molecular weight is 229 g/mol. The van der Waals surface area contributed by atoms with Gasteiger partial charge in [0.2, 0.25) is 0 Å². The fourth-order valence-corrected chi connectivity index (χ4v) is 3.04. The van der Waals surface area contributed by atoms with E-state index in [4.69, 9.17) is 11.1 Å². The van der Waals surface area contributed by atoms with Crippen LogP contribution in [0.15, 0.2) is 0 Å². The summed E-state index contributed by atoms with van der Waals surface area (Å²) in [6, 6.07) is 0.414. The molecule has 15 heavy (non-hydrogen) atoms. The molecule has 3 N–H and O–H groups in total. The van der Waals surface area contributed by atoms with Crippen LogP contribution in [0.5, 0.6) is 0 Å². The number of thioether (sulfide) groups is 1. The maximum atomic E-state index is 7.32. The fourth-order valence-electron chi connectivity index (χ4n) is 1.92. The molecule has 0 aliphatic carbocycles. The van der Waals surface area contributed by atoms with Crippen LogP contribution in [0.2, 0.25) is 0 Å². The van der Waals surface area contributed by atoms with Crippen molar-refractivity contribution in [1.29, 1.82) is 5.41 Å². The summed E-state index contributed by atoms with van der Waals surface area (Å²) in [5, 5.41) is 7.32. The highest BCUT2D eigenvalue weighted by Gasteiger charge is 2.25. The van der Waals surface area contributed by atoms with Gasteiger partial charge in [-0.2, -0.15) is 11.8 Å². The monoisotopic (exact) mass is 229 g/mol. The molecule has 1 rings (SSSR count). The van der Waals surface area contributed by atoms with E-state index in [1.165, 1.54) is 12.2 Å². The molecule has 0 amide bonds. The van der Waals surface area contributed by atoms with Gasteiger partial charge in [-0.3, -0.25) is 10.3 Å². The smallest absolute Gasteiger partial charge is 0.0920 e. The summed E-state index contributed by atoms with van der Waals surface area (Å²) in [7, 11) is 0. The van der Waals surface area contributed by atoms with Crippen LogP contribution in [0.25, 0.3) is 0 Å². The van der Waals surface area contributed by atoms with Crippen LogP contribution < -0.4 is 5.73 Å². The Labute approximate surface area is 97.3 Å². The molecule has 0 aromatic rings. The van der Waals surface area contributed by atoms with Crippen molar-refractivity contribution in [3.05, 3.63) is 0 Å². The first-order valence-corrected chi connectivity index (χ1v) is 6.60. The van der Waals surface area contributed by atoms with Crippen LogP contribution >= 0.6 is 11.8 Å². The zero-order chi connectivity index (χ0) is 11.5. The SMILES string of the molecule is CC(CC(=N)N)N1CCSC(C)(C)CC1. The van der Waals surface area contributed by atoms with E-state index < -0.39 is 0 Å². The Morgan fingerprint density at radius 3 is 2.80 bits per heavy atom. The van der Waals surface area contributed by atoms with Gasteiger partial charge in [0.15, 0.2) is 0 Å². The number of rotatable bonds is 3. The molecule has 88 valence electrons. The van der Waals surface area contributed by atoms with Gasteiger partial charge in [0.1, 0.15) is 0 Å². The molecule has 1 atom stereocenters. The fraction of sp³-hybridized carbons (Fsp3) is 0.909. The van der Waals surface area contributed by atoms with Crippen molar-refractivity contribution in [2.45, 2.75) is 44.4 Å². The Balaban J connectivity index is 2.46. The summed E-state index contributed by atoms with van der Waals surface area (Å²) in [5.74, 6) is 1.49. The first kappa shape index (κ1) is 12.8. The number of nitrogens with one attached hydrogen (secondary N) is 1. The summed E-state index contributed by atoms with van der Waals surface area (Å²) < 4.78 is 0.407. The third-order valence-corrected chi connectivity index (χ3v) is 4.38. The Morgan fingerprint density at radius 2 is 2.20 bits per heavy atom. The third-order valence-electron chi connectivity index (χ3n) is 3.01. The summed E-state index contributed by atoms with van der Waals surface area (Å²) in [6.07, 6.45) is 1.92. The summed E-state index contributed by atoms with van der Waals surface area (Å²) >= 11 is 2.05. The van der Waals surface area contributed by atoms with E-state index in [0.717, 1.165) is 13.1 Å². The summed E-state index contributed by atoms with van der Waals surface area (Å²) in [5.41, 5.74) is 5.44. The minimum Gasteiger partial charge on any atom is -0.388 e. The van der Waals surface area contributed by atoms with Crippen molar-refractivity contribution >= 4 is 17.6 Å². The van der Waals surface area contributed by atoms with E-state index in [9.17, 15) is 0 Å². The normalized spacial score (nSPS) is 24.5. The molecular weight excluding hydrogens is 206 g/mol. The average Bonchev–Trinajstić information content (AvgIpc) is 2.25. The van der Waals surface area contributed by atoms with Gasteiger partial charge >= 0.3 is 0 Å². The minimum absolute atomic E-state index is 0.304. The van der Waals surface area contributed by atoms with Crippen molar-refractivity contribution in [3.63, 3.8) is 0 Å². The largest absolute Gasteiger partial charge is 0.388 e. The lowest BCUT2D eigenvalue weighted by atomic mass is 10.1. The second-order valence-electron chi connectivity index (χ2n) is 4.97. The lowest BCUT2D eigenvalue weighted by Crippen LogP contribution is -2.37. The lowest BCUT2D eigenvalue weighted by molar-refractivity contribution is 0.222. The molecule has 0 bridgehead atoms. The van der Waals surface area contributed by atoms with Crippen molar-refractivity contribution in [2.24, 2.45) is 5.73 Å². The third kappa shape index (κ3) is 4.43. The first-order valence-electron chi connectivity index (χ1n) is 5.61. The molecule has 0 radical (unpaired) electrons. The molecule has 1 fully saturated rings. The molecular formula is C11H23N3S. The maximum absolute atomic E-state index is 7.32. The summed E-state index contributed by atoms with van der Waals surface area (Å²) in [4.78, 5) is 2.46. The number of amidine groups is 1. The van der Waals surface area contributed by atoms with Crippen LogP contribution in [0.4, 0.5) is 0 Å². The van der Waals surface area contributed by atoms with Crippen LogP contribution in [0, 0.1) is 5.41 Å². The van der Waals surface area contributed by atoms with Gasteiger partial charge in [-0.25, -0.2) is 0 Å². The van der Waals surface area contributed by atoms with E-state index in [1.54, 1.807) is 0 Å². The zero-order valence-corrected chi connectivity index (χ0v) is 10.9. The molecule has 1 unspecified atom stereocenters. The zero-order valence-electron chi connectivity index (χ0n) is 10.0.